The predicted octanol–water partition coefficient (Wildman–Crippen LogP) is 4.81. The number of carbonyl (C=O) groups is 1. The highest BCUT2D eigenvalue weighted by molar-refractivity contribution is 5.87. The number of amides is 1. The minimum Gasteiger partial charge on any atom is -0.395 e. The number of carbonyl (C=O) groups excluding carboxylic acids is 1. The zero-order chi connectivity index (χ0) is 19.1. The van der Waals surface area contributed by atoms with Gasteiger partial charge in [0.25, 0.3) is 0 Å². The fourth-order valence-electron chi connectivity index (χ4n) is 2.78. The van der Waals surface area contributed by atoms with Crippen LogP contribution >= 0.6 is 0 Å². The molecule has 0 aromatic carbocycles. The molecule has 3 nitrogen and oxygen atoms in total. The number of allylic oxidation sites excluding steroid dienone is 7. The van der Waals surface area contributed by atoms with Crippen molar-refractivity contribution in [2.24, 2.45) is 17.8 Å². The first-order valence-electron chi connectivity index (χ1n) is 9.46. The van der Waals surface area contributed by atoms with E-state index in [1.54, 1.807) is 6.08 Å². The molecule has 25 heavy (non-hydrogen) atoms. The predicted molar refractivity (Wildman–Crippen MR) is 108 cm³/mol. The van der Waals surface area contributed by atoms with E-state index >= 15 is 0 Å². The highest BCUT2D eigenvalue weighted by Crippen LogP contribution is 2.21. The molecule has 0 aliphatic heterocycles. The standard InChI is InChI=1S/C22H37NO2/c1-6-18(2)15-20(4)17-21(5)16-19(3)11-9-7-8-10-12-22(25)23-13-14-24/h7-12,15,18-19,21,24H,6,13-14,16-17H2,1-5H3,(H,23,25)/b8-7+,11-9+,12-10+,20-15+/t18-,19+,21+/m1/s1. The van der Waals surface area contributed by atoms with Crippen molar-refractivity contribution < 1.29 is 9.90 Å². The van der Waals surface area contributed by atoms with Crippen LogP contribution < -0.4 is 5.32 Å². The number of aliphatic hydroxyl groups is 1. The molecule has 0 bridgehead atoms. The van der Waals surface area contributed by atoms with Crippen LogP contribution in [0.1, 0.15) is 53.9 Å². The summed E-state index contributed by atoms with van der Waals surface area (Å²) in [6.07, 6.45) is 17.1. The summed E-state index contributed by atoms with van der Waals surface area (Å²) in [6.45, 7) is 11.6. The summed E-state index contributed by atoms with van der Waals surface area (Å²) in [5.74, 6) is 1.70. The van der Waals surface area contributed by atoms with Gasteiger partial charge in [-0.1, -0.05) is 76.1 Å². The molecule has 0 rings (SSSR count). The van der Waals surface area contributed by atoms with Crippen molar-refractivity contribution in [3.05, 3.63) is 48.1 Å². The van der Waals surface area contributed by atoms with Crippen molar-refractivity contribution in [3.63, 3.8) is 0 Å². The Morgan fingerprint density at radius 2 is 1.76 bits per heavy atom. The third kappa shape index (κ3) is 14.4. The molecule has 0 aliphatic carbocycles. The first kappa shape index (κ1) is 23.4. The Hall–Kier alpha value is -1.61. The lowest BCUT2D eigenvalue weighted by Gasteiger charge is -2.15. The van der Waals surface area contributed by atoms with Gasteiger partial charge in [0.2, 0.25) is 5.91 Å². The Bertz CT molecular complexity index is 474. The lowest BCUT2D eigenvalue weighted by molar-refractivity contribution is -0.116. The van der Waals surface area contributed by atoms with E-state index in [1.807, 2.05) is 18.2 Å². The first-order valence-corrected chi connectivity index (χ1v) is 9.46. The van der Waals surface area contributed by atoms with E-state index in [4.69, 9.17) is 5.11 Å². The van der Waals surface area contributed by atoms with Crippen LogP contribution in [0.15, 0.2) is 48.1 Å². The third-order valence-corrected chi connectivity index (χ3v) is 4.09. The summed E-state index contributed by atoms with van der Waals surface area (Å²) in [5.41, 5.74) is 1.50. The molecule has 0 saturated carbocycles. The number of aliphatic hydroxyl groups excluding tert-OH is 1. The van der Waals surface area contributed by atoms with Gasteiger partial charge < -0.3 is 10.4 Å². The van der Waals surface area contributed by atoms with E-state index in [-0.39, 0.29) is 19.1 Å². The van der Waals surface area contributed by atoms with Crippen molar-refractivity contribution in [1.82, 2.24) is 5.32 Å². The van der Waals surface area contributed by atoms with Gasteiger partial charge in [0.15, 0.2) is 0 Å². The second kappa shape index (κ2) is 14.7. The van der Waals surface area contributed by atoms with Crippen LogP contribution in [0.4, 0.5) is 0 Å². The molecule has 0 spiro atoms. The van der Waals surface area contributed by atoms with E-state index in [2.05, 4.69) is 52.1 Å². The molecule has 0 fully saturated rings. The van der Waals surface area contributed by atoms with Gasteiger partial charge in [0.1, 0.15) is 0 Å². The second-order valence-corrected chi connectivity index (χ2v) is 7.06. The van der Waals surface area contributed by atoms with Crippen LogP contribution in [-0.4, -0.2) is 24.2 Å². The van der Waals surface area contributed by atoms with E-state index in [0.29, 0.717) is 17.8 Å². The van der Waals surface area contributed by atoms with Crippen LogP contribution in [0.2, 0.25) is 0 Å². The number of hydrogen-bond acceptors (Lipinski definition) is 2. The smallest absolute Gasteiger partial charge is 0.244 e. The van der Waals surface area contributed by atoms with Crippen LogP contribution in [0, 0.1) is 17.8 Å². The second-order valence-electron chi connectivity index (χ2n) is 7.06. The lowest BCUT2D eigenvalue weighted by atomic mass is 9.90. The molecular weight excluding hydrogens is 310 g/mol. The van der Waals surface area contributed by atoms with E-state index in [0.717, 1.165) is 0 Å². The Labute approximate surface area is 154 Å². The van der Waals surface area contributed by atoms with Crippen molar-refractivity contribution in [2.75, 3.05) is 13.2 Å². The van der Waals surface area contributed by atoms with Gasteiger partial charge in [0, 0.05) is 12.6 Å². The maximum atomic E-state index is 11.3. The van der Waals surface area contributed by atoms with Crippen molar-refractivity contribution in [3.8, 4) is 0 Å². The van der Waals surface area contributed by atoms with Crippen molar-refractivity contribution >= 4 is 5.91 Å². The van der Waals surface area contributed by atoms with Gasteiger partial charge in [-0.2, -0.15) is 0 Å². The van der Waals surface area contributed by atoms with Crippen molar-refractivity contribution in [2.45, 2.75) is 53.9 Å². The zero-order valence-corrected chi connectivity index (χ0v) is 16.7. The molecule has 0 aromatic rings. The van der Waals surface area contributed by atoms with Crippen LogP contribution in [0.3, 0.4) is 0 Å². The fraction of sp³-hybridized carbons (Fsp3) is 0.591. The molecule has 0 heterocycles. The number of rotatable bonds is 12. The Kier molecular flexibility index (Phi) is 13.8. The Balaban J connectivity index is 4.15. The maximum Gasteiger partial charge on any atom is 0.244 e. The largest absolute Gasteiger partial charge is 0.395 e. The number of hydrogen-bond donors (Lipinski definition) is 2. The molecule has 1 amide bonds. The lowest BCUT2D eigenvalue weighted by Crippen LogP contribution is -2.24. The summed E-state index contributed by atoms with van der Waals surface area (Å²) in [4.78, 5) is 11.3. The maximum absolute atomic E-state index is 11.3. The van der Waals surface area contributed by atoms with Gasteiger partial charge in [0.05, 0.1) is 6.61 Å². The highest BCUT2D eigenvalue weighted by Gasteiger charge is 2.07. The van der Waals surface area contributed by atoms with Gasteiger partial charge in [-0.25, -0.2) is 0 Å². The fourth-order valence-corrected chi connectivity index (χ4v) is 2.78. The third-order valence-electron chi connectivity index (χ3n) is 4.09. The summed E-state index contributed by atoms with van der Waals surface area (Å²) in [6, 6.07) is 0. The van der Waals surface area contributed by atoms with Crippen molar-refractivity contribution in [1.29, 1.82) is 0 Å². The van der Waals surface area contributed by atoms with Crippen LogP contribution in [0.5, 0.6) is 0 Å². The summed E-state index contributed by atoms with van der Waals surface area (Å²) < 4.78 is 0. The summed E-state index contributed by atoms with van der Waals surface area (Å²) in [7, 11) is 0. The zero-order valence-electron chi connectivity index (χ0n) is 16.7. The Morgan fingerprint density at radius 1 is 1.08 bits per heavy atom. The van der Waals surface area contributed by atoms with Gasteiger partial charge in [-0.3, -0.25) is 4.79 Å². The molecule has 0 saturated heterocycles. The van der Waals surface area contributed by atoms with E-state index < -0.39 is 0 Å². The Morgan fingerprint density at radius 3 is 2.40 bits per heavy atom. The minimum absolute atomic E-state index is 0.0403. The molecule has 3 heteroatoms. The number of nitrogens with one attached hydrogen (secondary N) is 1. The van der Waals surface area contributed by atoms with Gasteiger partial charge in [-0.15, -0.1) is 0 Å². The SMILES string of the molecule is CC[C@@H](C)/C=C(\C)C[C@@H](C)C[C@@H](C)/C=C/C=C/C=C/C(=O)NCCO. The average molecular weight is 348 g/mol. The van der Waals surface area contributed by atoms with E-state index in [1.165, 1.54) is 30.9 Å². The van der Waals surface area contributed by atoms with Crippen LogP contribution in [0.25, 0.3) is 0 Å². The molecule has 2 N–H and O–H groups in total. The molecule has 142 valence electrons. The molecule has 0 unspecified atom stereocenters. The minimum atomic E-state index is -0.189. The van der Waals surface area contributed by atoms with Gasteiger partial charge >= 0.3 is 0 Å². The molecule has 3 atom stereocenters. The average Bonchev–Trinajstić information content (AvgIpc) is 2.55. The topological polar surface area (TPSA) is 49.3 Å². The molecule has 0 radical (unpaired) electrons. The monoisotopic (exact) mass is 347 g/mol. The van der Waals surface area contributed by atoms with Crippen LogP contribution in [-0.2, 0) is 4.79 Å². The molecule has 0 aliphatic rings. The van der Waals surface area contributed by atoms with E-state index in [9.17, 15) is 4.79 Å². The first-order chi connectivity index (χ1) is 11.9. The summed E-state index contributed by atoms with van der Waals surface area (Å²) >= 11 is 0. The van der Waals surface area contributed by atoms with Gasteiger partial charge in [-0.05, 0) is 37.5 Å². The molecule has 0 aromatic heterocycles. The highest BCUT2D eigenvalue weighted by atomic mass is 16.3. The molecular formula is C22H37NO2. The normalized spacial score (nSPS) is 16.6. The quantitative estimate of drug-likeness (QED) is 0.302. The summed E-state index contributed by atoms with van der Waals surface area (Å²) in [5, 5.41) is 11.2.